The molecular weight excluding hydrogens is 376 g/mol. The number of thiophene rings is 1. The quantitative estimate of drug-likeness (QED) is 0.619. The van der Waals surface area contributed by atoms with E-state index >= 15 is 0 Å². The number of hydrogen-bond donors (Lipinski definition) is 4. The Balaban J connectivity index is 1.80. The molecule has 2 heterocycles. The van der Waals surface area contributed by atoms with E-state index in [-0.39, 0.29) is 0 Å². The van der Waals surface area contributed by atoms with E-state index < -0.39 is 37.1 Å². The summed E-state index contributed by atoms with van der Waals surface area (Å²) >= 11 is 7.65. The van der Waals surface area contributed by atoms with Gasteiger partial charge < -0.3 is 25.2 Å². The van der Waals surface area contributed by atoms with Gasteiger partial charge in [-0.05, 0) is 35.6 Å². The van der Waals surface area contributed by atoms with Gasteiger partial charge in [0.1, 0.15) is 30.5 Å². The second kappa shape index (κ2) is 8.35. The standard InChI is InChI=1S/C19H23ClO5S/c1-2-10-3-5-11(6-4-10)7-12-8-14(26-19(12)20)18-17(24)16(23)15(22)13(9-21)25-18/h3-6,8,13,15-18,21-24H,2,7,9H2,1H3/t13-,15-,16+,17-,18+/m1/s1. The molecule has 5 nitrogen and oxygen atoms in total. The molecule has 0 amide bonds. The van der Waals surface area contributed by atoms with Crippen molar-refractivity contribution in [2.45, 2.75) is 50.3 Å². The van der Waals surface area contributed by atoms with Crippen LogP contribution < -0.4 is 0 Å². The lowest BCUT2D eigenvalue weighted by atomic mass is 9.94. The number of halogens is 1. The molecule has 1 saturated heterocycles. The second-order valence-corrected chi connectivity index (χ2v) is 8.23. The average Bonchev–Trinajstić information content (AvgIpc) is 3.01. The van der Waals surface area contributed by atoms with Crippen molar-refractivity contribution in [3.8, 4) is 0 Å². The predicted octanol–water partition coefficient (Wildman–Crippen LogP) is 2.07. The summed E-state index contributed by atoms with van der Waals surface area (Å²) in [5.74, 6) is 0. The molecular formula is C19H23ClO5S. The van der Waals surface area contributed by atoms with Crippen molar-refractivity contribution in [1.29, 1.82) is 0 Å². The molecule has 0 saturated carbocycles. The molecule has 4 N–H and O–H groups in total. The molecule has 0 spiro atoms. The van der Waals surface area contributed by atoms with Gasteiger partial charge in [0.2, 0.25) is 0 Å². The first-order valence-corrected chi connectivity index (χ1v) is 9.80. The topological polar surface area (TPSA) is 90.2 Å². The molecule has 0 radical (unpaired) electrons. The summed E-state index contributed by atoms with van der Waals surface area (Å²) in [4.78, 5) is 0.659. The van der Waals surface area contributed by atoms with Crippen molar-refractivity contribution in [3.63, 3.8) is 0 Å². The number of hydrogen-bond acceptors (Lipinski definition) is 6. The van der Waals surface area contributed by atoms with Crippen LogP contribution in [0.1, 0.15) is 34.6 Å². The number of benzene rings is 1. The molecule has 1 fully saturated rings. The Morgan fingerprint density at radius 3 is 2.31 bits per heavy atom. The van der Waals surface area contributed by atoms with E-state index in [1.165, 1.54) is 16.9 Å². The molecule has 142 valence electrons. The zero-order valence-corrected chi connectivity index (χ0v) is 16.0. The third-order valence-electron chi connectivity index (χ3n) is 4.77. The fourth-order valence-electron chi connectivity index (χ4n) is 3.14. The summed E-state index contributed by atoms with van der Waals surface area (Å²) in [6, 6.07) is 10.2. The Hall–Kier alpha value is -0.990. The molecule has 26 heavy (non-hydrogen) atoms. The van der Waals surface area contributed by atoms with Crippen LogP contribution in [0.4, 0.5) is 0 Å². The minimum absolute atomic E-state index is 0.447. The highest BCUT2D eigenvalue weighted by atomic mass is 35.5. The highest BCUT2D eigenvalue weighted by Crippen LogP contribution is 2.39. The van der Waals surface area contributed by atoms with Crippen molar-refractivity contribution < 1.29 is 25.2 Å². The first-order chi connectivity index (χ1) is 12.4. The second-order valence-electron chi connectivity index (χ2n) is 6.54. The van der Waals surface area contributed by atoms with E-state index in [9.17, 15) is 20.4 Å². The highest BCUT2D eigenvalue weighted by molar-refractivity contribution is 7.16. The molecule has 2 aromatic rings. The van der Waals surface area contributed by atoms with Crippen LogP contribution >= 0.6 is 22.9 Å². The Morgan fingerprint density at radius 1 is 1.04 bits per heavy atom. The summed E-state index contributed by atoms with van der Waals surface area (Å²) in [5, 5.41) is 39.5. The molecule has 1 aliphatic rings. The summed E-state index contributed by atoms with van der Waals surface area (Å²) < 4.78 is 6.20. The lowest BCUT2D eigenvalue weighted by molar-refractivity contribution is -0.230. The molecule has 1 aromatic heterocycles. The highest BCUT2D eigenvalue weighted by Gasteiger charge is 2.44. The molecule has 1 aliphatic heterocycles. The van der Waals surface area contributed by atoms with E-state index in [0.29, 0.717) is 15.6 Å². The minimum atomic E-state index is -1.39. The summed E-state index contributed by atoms with van der Waals surface area (Å²) in [7, 11) is 0. The number of aliphatic hydroxyl groups excluding tert-OH is 4. The summed E-state index contributed by atoms with van der Waals surface area (Å²) in [6.45, 7) is 1.66. The minimum Gasteiger partial charge on any atom is -0.394 e. The van der Waals surface area contributed by atoms with E-state index in [0.717, 1.165) is 17.5 Å². The van der Waals surface area contributed by atoms with Crippen LogP contribution in [0.15, 0.2) is 30.3 Å². The maximum atomic E-state index is 10.3. The fourth-order valence-corrected chi connectivity index (χ4v) is 4.51. The van der Waals surface area contributed by atoms with E-state index in [1.807, 2.05) is 6.07 Å². The van der Waals surface area contributed by atoms with Crippen molar-refractivity contribution >= 4 is 22.9 Å². The van der Waals surface area contributed by atoms with Gasteiger partial charge in [0.15, 0.2) is 0 Å². The van der Waals surface area contributed by atoms with E-state index in [4.69, 9.17) is 16.3 Å². The number of rotatable bonds is 5. The maximum Gasteiger partial charge on any atom is 0.121 e. The van der Waals surface area contributed by atoms with Crippen LogP contribution in [0, 0.1) is 0 Å². The van der Waals surface area contributed by atoms with Gasteiger partial charge in [0, 0.05) is 4.88 Å². The van der Waals surface area contributed by atoms with Gasteiger partial charge in [-0.3, -0.25) is 0 Å². The van der Waals surface area contributed by atoms with Crippen LogP contribution in [-0.4, -0.2) is 51.4 Å². The lowest BCUT2D eigenvalue weighted by Gasteiger charge is -2.39. The molecule has 3 rings (SSSR count). The largest absolute Gasteiger partial charge is 0.394 e. The monoisotopic (exact) mass is 398 g/mol. The Labute approximate surface area is 161 Å². The van der Waals surface area contributed by atoms with E-state index in [2.05, 4.69) is 31.2 Å². The SMILES string of the molecule is CCc1ccc(Cc2cc([C@@H]3O[C@H](CO)[C@@H](O)[C@H](O)[C@H]3O)sc2Cl)cc1. The molecule has 0 aliphatic carbocycles. The van der Waals surface area contributed by atoms with Gasteiger partial charge in [-0.2, -0.15) is 0 Å². The van der Waals surface area contributed by atoms with E-state index in [1.54, 1.807) is 0 Å². The fraction of sp³-hybridized carbons (Fsp3) is 0.474. The van der Waals surface area contributed by atoms with Gasteiger partial charge in [-0.1, -0.05) is 42.8 Å². The predicted molar refractivity (Wildman–Crippen MR) is 101 cm³/mol. The first-order valence-electron chi connectivity index (χ1n) is 8.61. The number of aryl methyl sites for hydroxylation is 1. The molecule has 0 bridgehead atoms. The van der Waals surface area contributed by atoms with Gasteiger partial charge in [-0.25, -0.2) is 0 Å². The van der Waals surface area contributed by atoms with Crippen molar-refractivity contribution in [1.82, 2.24) is 0 Å². The molecule has 5 atom stereocenters. The molecule has 0 unspecified atom stereocenters. The van der Waals surface area contributed by atoms with Crippen LogP contribution in [0.2, 0.25) is 4.34 Å². The normalized spacial score (nSPS) is 29.1. The Kier molecular flexibility index (Phi) is 6.35. The first kappa shape index (κ1) is 19.8. The summed E-state index contributed by atoms with van der Waals surface area (Å²) in [5.41, 5.74) is 3.31. The van der Waals surface area contributed by atoms with Crippen molar-refractivity contribution in [2.24, 2.45) is 0 Å². The Bertz CT molecular complexity index is 730. The Morgan fingerprint density at radius 2 is 1.69 bits per heavy atom. The van der Waals surface area contributed by atoms with Gasteiger partial charge in [0.05, 0.1) is 10.9 Å². The number of ether oxygens (including phenoxy) is 1. The van der Waals surface area contributed by atoms with Crippen LogP contribution in [0.5, 0.6) is 0 Å². The zero-order chi connectivity index (χ0) is 18.8. The number of aliphatic hydroxyl groups is 4. The van der Waals surface area contributed by atoms with Gasteiger partial charge in [0.25, 0.3) is 0 Å². The average molecular weight is 399 g/mol. The zero-order valence-electron chi connectivity index (χ0n) is 14.4. The smallest absolute Gasteiger partial charge is 0.121 e. The van der Waals surface area contributed by atoms with Gasteiger partial charge in [-0.15, -0.1) is 11.3 Å². The van der Waals surface area contributed by atoms with Gasteiger partial charge >= 0.3 is 0 Å². The molecule has 1 aromatic carbocycles. The third kappa shape index (κ3) is 3.97. The molecule has 7 heteroatoms. The van der Waals surface area contributed by atoms with Crippen LogP contribution in [0.3, 0.4) is 0 Å². The van der Waals surface area contributed by atoms with Crippen LogP contribution in [-0.2, 0) is 17.6 Å². The van der Waals surface area contributed by atoms with Crippen molar-refractivity contribution in [2.75, 3.05) is 6.61 Å². The lowest BCUT2D eigenvalue weighted by Crippen LogP contribution is -2.55. The third-order valence-corrected chi connectivity index (χ3v) is 6.28. The van der Waals surface area contributed by atoms with Crippen LogP contribution in [0.25, 0.3) is 0 Å². The van der Waals surface area contributed by atoms with Crippen molar-refractivity contribution in [3.05, 3.63) is 56.2 Å². The maximum absolute atomic E-state index is 10.3. The summed E-state index contributed by atoms with van der Waals surface area (Å²) in [6.07, 6.45) is -4.18.